The minimum atomic E-state index is -4.67. The van der Waals surface area contributed by atoms with Crippen molar-refractivity contribution in [2.24, 2.45) is 0 Å². The monoisotopic (exact) mass is 177 g/mol. The van der Waals surface area contributed by atoms with E-state index in [-0.39, 0.29) is 0 Å². The highest BCUT2D eigenvalue weighted by molar-refractivity contribution is 7.84. The molecule has 0 amide bonds. The van der Waals surface area contributed by atoms with Crippen LogP contribution in [0, 0.1) is 7.05 Å². The van der Waals surface area contributed by atoms with Gasteiger partial charge in [0.2, 0.25) is 0 Å². The average Bonchev–Trinajstić information content (AvgIpc) is 1.60. The summed E-state index contributed by atoms with van der Waals surface area (Å²) in [6.45, 7) is 0. The van der Waals surface area contributed by atoms with Gasteiger partial charge in [-0.2, -0.15) is 21.6 Å². The Hall–Kier alpha value is -0.300. The molecule has 0 heterocycles. The standard InChI is InChI=1S/C3H6F3NO2S/c1-7-10(8,9)2-3(4,5)6/h1-2,7H2. The van der Waals surface area contributed by atoms with Gasteiger partial charge in [0, 0.05) is 0 Å². The highest BCUT2D eigenvalue weighted by Crippen LogP contribution is 2.14. The van der Waals surface area contributed by atoms with Gasteiger partial charge in [-0.3, -0.25) is 0 Å². The van der Waals surface area contributed by atoms with Gasteiger partial charge in [-0.25, -0.2) is 0 Å². The van der Waals surface area contributed by atoms with Crippen LogP contribution in [0.25, 0.3) is 0 Å². The fourth-order valence-corrected chi connectivity index (χ4v) is 0.861. The predicted molar refractivity (Wildman–Crippen MR) is 27.1 cm³/mol. The molecule has 0 aromatic heterocycles. The number of sulfonamides is 1. The summed E-state index contributed by atoms with van der Waals surface area (Å²) in [6, 6.07) is 0. The highest BCUT2D eigenvalue weighted by Gasteiger charge is 2.35. The molecule has 10 heavy (non-hydrogen) atoms. The maximum atomic E-state index is 11.3. The van der Waals surface area contributed by atoms with Crippen LogP contribution in [0.3, 0.4) is 0 Å². The number of hydrogen-bond donors (Lipinski definition) is 1. The smallest absolute Gasteiger partial charge is 0.371 e. The summed E-state index contributed by atoms with van der Waals surface area (Å²) < 4.78 is 54.6. The van der Waals surface area contributed by atoms with Gasteiger partial charge in [0.15, 0.2) is 5.75 Å². The van der Waals surface area contributed by atoms with Crippen LogP contribution in [0.5, 0.6) is 0 Å². The normalized spacial score (nSPS) is 13.6. The van der Waals surface area contributed by atoms with Crippen LogP contribution in [0.1, 0.15) is 0 Å². The van der Waals surface area contributed by atoms with Crippen LogP contribution in [0.15, 0.2) is 0 Å². The zero-order valence-corrected chi connectivity index (χ0v) is 5.67. The Kier molecular flexibility index (Phi) is 2.67. The topological polar surface area (TPSA) is 50.8 Å². The van der Waals surface area contributed by atoms with Crippen LogP contribution in [-0.4, -0.2) is 20.3 Å². The fraction of sp³-hybridized carbons (Fsp3) is 0.667. The number of halogens is 3. The van der Waals surface area contributed by atoms with E-state index in [1.807, 2.05) is 0 Å². The molecule has 0 unspecified atom stereocenters. The van der Waals surface area contributed by atoms with Gasteiger partial charge in [0.05, 0.1) is 0 Å². The summed E-state index contributed by atoms with van der Waals surface area (Å²) in [6.07, 6.45) is -4.67. The molecule has 0 fully saturated rings. The van der Waals surface area contributed by atoms with Gasteiger partial charge >= 0.3 is 6.18 Å². The second-order valence-electron chi connectivity index (χ2n) is 1.59. The lowest BCUT2D eigenvalue weighted by atomic mass is 10.8. The summed E-state index contributed by atoms with van der Waals surface area (Å²) in [5.41, 5.74) is 0. The maximum absolute atomic E-state index is 11.3. The quantitative estimate of drug-likeness (QED) is 0.563. The largest absolute Gasteiger partial charge is 0.408 e. The molecule has 0 aliphatic heterocycles. The number of hydrogen-bond acceptors (Lipinski definition) is 2. The number of rotatable bonds is 2. The molecule has 0 atom stereocenters. The van der Waals surface area contributed by atoms with E-state index in [4.69, 9.17) is 0 Å². The first-order chi connectivity index (χ1) is 4.27. The lowest BCUT2D eigenvalue weighted by Crippen LogP contribution is -2.82. The fourth-order valence-electron chi connectivity index (χ4n) is 0.287. The molecule has 0 aliphatic rings. The molecular weight excluding hydrogens is 171 g/mol. The molecule has 0 spiro atoms. The number of alkyl halides is 3. The molecule has 0 aromatic rings. The van der Waals surface area contributed by atoms with Crippen LogP contribution in [0.4, 0.5) is 13.2 Å². The van der Waals surface area contributed by atoms with Crippen LogP contribution in [-0.2, 0) is 10.0 Å². The van der Waals surface area contributed by atoms with Crippen LogP contribution < -0.4 is 4.72 Å². The minimum Gasteiger partial charge on any atom is -0.371 e. The molecule has 2 N–H and O–H groups in total. The van der Waals surface area contributed by atoms with Crippen molar-refractivity contribution in [2.75, 3.05) is 5.75 Å². The molecule has 3 nitrogen and oxygen atoms in total. The molecule has 0 radical (unpaired) electrons. The first kappa shape index (κ1) is 9.70. The van der Waals surface area contributed by atoms with E-state index < -0.39 is 22.0 Å². The van der Waals surface area contributed by atoms with Gasteiger partial charge in [0.25, 0.3) is 10.0 Å². The van der Waals surface area contributed by atoms with Crippen molar-refractivity contribution in [1.82, 2.24) is 0 Å². The van der Waals surface area contributed by atoms with E-state index in [1.165, 1.54) is 0 Å². The lowest BCUT2D eigenvalue weighted by molar-refractivity contribution is -0.425. The molecule has 7 heteroatoms. The molecule has 0 saturated carbocycles. The van der Waals surface area contributed by atoms with Crippen LogP contribution >= 0.6 is 0 Å². The van der Waals surface area contributed by atoms with E-state index in [1.54, 1.807) is 0 Å². The van der Waals surface area contributed by atoms with Gasteiger partial charge in [0.1, 0.15) is 0 Å². The maximum Gasteiger partial charge on any atom is 0.408 e. The number of primary sulfonamides is 1. The summed E-state index contributed by atoms with van der Waals surface area (Å²) >= 11 is 0. The van der Waals surface area contributed by atoms with Crippen molar-refractivity contribution in [3.8, 4) is 0 Å². The van der Waals surface area contributed by atoms with E-state index >= 15 is 0 Å². The molecule has 0 aliphatic carbocycles. The average molecular weight is 177 g/mol. The van der Waals surface area contributed by atoms with Crippen molar-refractivity contribution in [3.05, 3.63) is 7.05 Å². The first-order valence-corrected chi connectivity index (χ1v) is 3.90. The molecule has 0 aromatic carbocycles. The second-order valence-corrected chi connectivity index (χ2v) is 3.54. The van der Waals surface area contributed by atoms with Gasteiger partial charge in [-0.1, -0.05) is 0 Å². The zero-order chi connectivity index (χ0) is 8.41. The summed E-state index contributed by atoms with van der Waals surface area (Å²) in [5.74, 6) is -1.83. The second kappa shape index (κ2) is 2.75. The molecule has 62 valence electrons. The first-order valence-electron chi connectivity index (χ1n) is 2.19. The molecule has 0 bridgehead atoms. The van der Waals surface area contributed by atoms with Crippen molar-refractivity contribution in [2.45, 2.75) is 6.18 Å². The zero-order valence-electron chi connectivity index (χ0n) is 4.85. The number of quaternary nitrogens is 1. The van der Waals surface area contributed by atoms with Crippen molar-refractivity contribution >= 4 is 10.0 Å². The Labute approximate surface area is 56.3 Å². The van der Waals surface area contributed by atoms with Crippen LogP contribution in [0.2, 0.25) is 0 Å². The lowest BCUT2D eigenvalue weighted by Gasteiger charge is -2.05. The Morgan fingerprint density at radius 3 is 1.90 bits per heavy atom. The van der Waals surface area contributed by atoms with Gasteiger partial charge in [-0.15, -0.1) is 7.05 Å². The number of nitrogens with two attached hydrogens (primary N) is 1. The Bertz CT molecular complexity index is 194. The summed E-state index contributed by atoms with van der Waals surface area (Å²) in [7, 11) is -1.41. The van der Waals surface area contributed by atoms with E-state index in [2.05, 4.69) is 7.05 Å². The third-order valence-electron chi connectivity index (χ3n) is 0.619. The van der Waals surface area contributed by atoms with Crippen molar-refractivity contribution < 1.29 is 26.3 Å². The van der Waals surface area contributed by atoms with E-state index in [0.717, 1.165) is 0 Å². The Balaban J connectivity index is 4.18. The van der Waals surface area contributed by atoms with Crippen molar-refractivity contribution in [1.29, 1.82) is 0 Å². The van der Waals surface area contributed by atoms with Gasteiger partial charge in [-0.05, 0) is 0 Å². The third kappa shape index (κ3) is 4.57. The highest BCUT2D eigenvalue weighted by atomic mass is 32.2. The molecule has 0 saturated heterocycles. The van der Waals surface area contributed by atoms with Crippen molar-refractivity contribution in [3.63, 3.8) is 0 Å². The summed E-state index contributed by atoms with van der Waals surface area (Å²) in [5, 5.41) is 0. The van der Waals surface area contributed by atoms with E-state index in [9.17, 15) is 21.6 Å². The molecular formula is C3H6F3NO2S. The Morgan fingerprint density at radius 1 is 1.40 bits per heavy atom. The third-order valence-corrected chi connectivity index (χ3v) is 1.86. The van der Waals surface area contributed by atoms with Gasteiger partial charge < -0.3 is 4.72 Å². The SMILES string of the molecule is [CH2-][NH2+]S(=O)(=O)CC(F)(F)F. The molecule has 0 rings (SSSR count). The Morgan fingerprint density at radius 2 is 1.80 bits per heavy atom. The van der Waals surface area contributed by atoms with E-state index in [0.29, 0.717) is 4.72 Å². The predicted octanol–water partition coefficient (Wildman–Crippen LogP) is -0.767. The minimum absolute atomic E-state index is 0.292. The summed E-state index contributed by atoms with van der Waals surface area (Å²) in [4.78, 5) is 0.